The number of nitrogens with zero attached hydrogens (tertiary/aromatic N) is 2. The molecule has 0 aliphatic carbocycles. The predicted octanol–water partition coefficient (Wildman–Crippen LogP) is 5.96. The van der Waals surface area contributed by atoms with E-state index in [2.05, 4.69) is 10.3 Å². The normalized spacial score (nSPS) is 10.7. The third kappa shape index (κ3) is 5.69. The zero-order valence-corrected chi connectivity index (χ0v) is 20.5. The number of hydrogen-bond acceptors (Lipinski definition) is 7. The van der Waals surface area contributed by atoms with Crippen molar-refractivity contribution < 1.29 is 19.2 Å². The molecule has 4 rings (SSSR count). The van der Waals surface area contributed by atoms with Crippen LogP contribution in [0.5, 0.6) is 0 Å². The summed E-state index contributed by atoms with van der Waals surface area (Å²) in [5, 5.41) is 14.2. The van der Waals surface area contributed by atoms with Gasteiger partial charge in [-0.25, -0.2) is 4.79 Å². The minimum Gasteiger partial charge on any atom is -0.452 e. The predicted molar refractivity (Wildman–Crippen MR) is 138 cm³/mol. The number of nitro groups is 1. The van der Waals surface area contributed by atoms with E-state index in [0.717, 1.165) is 21.0 Å². The van der Waals surface area contributed by atoms with Crippen LogP contribution in [0.2, 0.25) is 0 Å². The van der Waals surface area contributed by atoms with Crippen LogP contribution in [0.3, 0.4) is 0 Å². The van der Waals surface area contributed by atoms with Gasteiger partial charge in [0.15, 0.2) is 6.61 Å². The first-order valence-electron chi connectivity index (χ1n) is 11.2. The van der Waals surface area contributed by atoms with Crippen LogP contribution < -0.4 is 5.32 Å². The summed E-state index contributed by atoms with van der Waals surface area (Å²) in [6.07, 6.45) is 0.676. The van der Waals surface area contributed by atoms with E-state index >= 15 is 0 Å². The molecule has 0 aliphatic rings. The number of fused-ring (bicyclic) bond motifs is 1. The second-order valence-electron chi connectivity index (χ2n) is 7.93. The van der Waals surface area contributed by atoms with Crippen molar-refractivity contribution in [2.24, 2.45) is 0 Å². The van der Waals surface area contributed by atoms with Gasteiger partial charge in [-0.1, -0.05) is 36.9 Å². The highest BCUT2D eigenvalue weighted by Gasteiger charge is 2.19. The van der Waals surface area contributed by atoms with Gasteiger partial charge in [0.05, 0.1) is 16.0 Å². The smallest absolute Gasteiger partial charge is 0.339 e. The molecule has 0 radical (unpaired) electrons. The minimum atomic E-state index is -0.564. The molecule has 0 saturated carbocycles. The molecule has 1 amide bonds. The third-order valence-corrected chi connectivity index (χ3v) is 6.55. The highest BCUT2D eigenvalue weighted by Crippen LogP contribution is 2.30. The minimum absolute atomic E-state index is 0.0381. The van der Waals surface area contributed by atoms with Crippen LogP contribution in [-0.4, -0.2) is 28.4 Å². The zero-order chi connectivity index (χ0) is 25.7. The van der Waals surface area contributed by atoms with Gasteiger partial charge in [-0.15, -0.1) is 0 Å². The maximum atomic E-state index is 12.9. The number of anilines is 1. The van der Waals surface area contributed by atoms with Crippen molar-refractivity contribution in [1.29, 1.82) is 0 Å². The molecule has 4 aromatic rings. The Bertz CT molecular complexity index is 1440. The largest absolute Gasteiger partial charge is 0.452 e. The quantitative estimate of drug-likeness (QED) is 0.180. The Balaban J connectivity index is 1.37. The molecular weight excluding hydrogens is 478 g/mol. The number of esters is 1. The molecule has 0 saturated heterocycles. The van der Waals surface area contributed by atoms with Gasteiger partial charge in [0.1, 0.15) is 0 Å². The van der Waals surface area contributed by atoms with Gasteiger partial charge in [0, 0.05) is 38.7 Å². The molecule has 0 spiro atoms. The lowest BCUT2D eigenvalue weighted by Crippen LogP contribution is -2.21. The van der Waals surface area contributed by atoms with E-state index in [1.165, 1.54) is 23.9 Å². The number of aromatic nitrogens is 1. The monoisotopic (exact) mass is 501 g/mol. The Morgan fingerprint density at radius 2 is 1.64 bits per heavy atom. The van der Waals surface area contributed by atoms with Crippen LogP contribution in [0, 0.1) is 17.0 Å². The molecule has 0 atom stereocenters. The summed E-state index contributed by atoms with van der Waals surface area (Å²) in [7, 11) is 0. The summed E-state index contributed by atoms with van der Waals surface area (Å²) in [6, 6.07) is 20.8. The number of hydrogen-bond donors (Lipinski definition) is 1. The first kappa shape index (κ1) is 24.9. The molecule has 8 nitrogen and oxygen atoms in total. The Morgan fingerprint density at radius 1 is 1.00 bits per heavy atom. The van der Waals surface area contributed by atoms with Crippen LogP contribution >= 0.6 is 11.8 Å². The number of benzene rings is 3. The van der Waals surface area contributed by atoms with Crippen LogP contribution in [0.1, 0.15) is 28.5 Å². The van der Waals surface area contributed by atoms with Crippen molar-refractivity contribution in [1.82, 2.24) is 4.98 Å². The zero-order valence-electron chi connectivity index (χ0n) is 19.7. The standard InChI is InChI=1S/C27H23N3O5S/c1-3-23-17(2)26(22-6-4-5-7-24(22)29-23)27(32)35-16-25(31)28-18-8-12-20(13-9-18)36-21-14-10-19(11-15-21)30(33)34/h4-15H,3,16H2,1-2H3,(H,28,31). The number of nitro benzene ring substituents is 1. The third-order valence-electron chi connectivity index (χ3n) is 5.53. The van der Waals surface area contributed by atoms with Crippen LogP contribution in [0.25, 0.3) is 10.9 Å². The molecule has 0 aliphatic heterocycles. The van der Waals surface area contributed by atoms with E-state index in [1.54, 1.807) is 24.3 Å². The average molecular weight is 502 g/mol. The van der Waals surface area contributed by atoms with Crippen molar-refractivity contribution in [3.05, 3.63) is 99.7 Å². The topological polar surface area (TPSA) is 111 Å². The van der Waals surface area contributed by atoms with Gasteiger partial charge in [0.25, 0.3) is 11.6 Å². The van der Waals surface area contributed by atoms with Crippen molar-refractivity contribution in [2.45, 2.75) is 30.1 Å². The lowest BCUT2D eigenvalue weighted by atomic mass is 10.0. The summed E-state index contributed by atoms with van der Waals surface area (Å²) in [5.41, 5.74) is 3.31. The highest BCUT2D eigenvalue weighted by molar-refractivity contribution is 7.99. The van der Waals surface area contributed by atoms with Gasteiger partial charge in [0.2, 0.25) is 0 Å². The second-order valence-corrected chi connectivity index (χ2v) is 9.08. The van der Waals surface area contributed by atoms with Crippen molar-refractivity contribution in [3.8, 4) is 0 Å². The molecule has 0 unspecified atom stereocenters. The van der Waals surface area contributed by atoms with Crippen LogP contribution in [0.15, 0.2) is 82.6 Å². The van der Waals surface area contributed by atoms with E-state index in [9.17, 15) is 19.7 Å². The first-order chi connectivity index (χ1) is 17.4. The van der Waals surface area contributed by atoms with Crippen molar-refractivity contribution in [2.75, 3.05) is 11.9 Å². The number of pyridine rings is 1. The molecule has 0 bridgehead atoms. The maximum absolute atomic E-state index is 12.9. The fourth-order valence-corrected chi connectivity index (χ4v) is 4.56. The molecule has 1 aromatic heterocycles. The molecule has 0 fully saturated rings. The Hall–Kier alpha value is -4.24. The number of carbonyl (C=O) groups is 2. The maximum Gasteiger partial charge on any atom is 0.339 e. The summed E-state index contributed by atoms with van der Waals surface area (Å²) in [6.45, 7) is 3.39. The highest BCUT2D eigenvalue weighted by atomic mass is 32.2. The van der Waals surface area contributed by atoms with Crippen LogP contribution in [-0.2, 0) is 16.0 Å². The van der Waals surface area contributed by atoms with Gasteiger partial charge in [-0.2, -0.15) is 0 Å². The average Bonchev–Trinajstić information content (AvgIpc) is 2.88. The van der Waals surface area contributed by atoms with Crippen LogP contribution in [0.4, 0.5) is 11.4 Å². The first-order valence-corrected chi connectivity index (χ1v) is 12.0. The summed E-state index contributed by atoms with van der Waals surface area (Å²) < 4.78 is 5.35. The van der Waals surface area contributed by atoms with Crippen molar-refractivity contribution >= 4 is 45.9 Å². The number of rotatable bonds is 8. The van der Waals surface area contributed by atoms with E-state index in [0.29, 0.717) is 28.6 Å². The summed E-state index contributed by atoms with van der Waals surface area (Å²) in [4.78, 5) is 42.0. The number of ether oxygens (including phenoxy) is 1. The molecular formula is C27H23N3O5S. The van der Waals surface area contributed by atoms with E-state index in [4.69, 9.17) is 4.74 Å². The SMILES string of the molecule is CCc1nc2ccccc2c(C(=O)OCC(=O)Nc2ccc(Sc3ccc([N+](=O)[O-])cc3)cc2)c1C. The van der Waals surface area contributed by atoms with E-state index < -0.39 is 23.4 Å². The molecule has 1 N–H and O–H groups in total. The number of nitrogens with one attached hydrogen (secondary N) is 1. The number of para-hydroxylation sites is 1. The number of amides is 1. The van der Waals surface area contributed by atoms with Gasteiger partial charge in [-0.3, -0.25) is 19.9 Å². The molecule has 1 heterocycles. The number of aryl methyl sites for hydroxylation is 1. The molecule has 36 heavy (non-hydrogen) atoms. The van der Waals surface area contributed by atoms with Crippen molar-refractivity contribution in [3.63, 3.8) is 0 Å². The summed E-state index contributed by atoms with van der Waals surface area (Å²) in [5.74, 6) is -1.02. The Kier molecular flexibility index (Phi) is 7.60. The lowest BCUT2D eigenvalue weighted by Gasteiger charge is -2.13. The van der Waals surface area contributed by atoms with Gasteiger partial charge < -0.3 is 10.1 Å². The fraction of sp³-hybridized carbons (Fsp3) is 0.148. The van der Waals surface area contributed by atoms with E-state index in [1.807, 2.05) is 50.2 Å². The Labute approximate surface area is 211 Å². The lowest BCUT2D eigenvalue weighted by molar-refractivity contribution is -0.384. The van der Waals surface area contributed by atoms with Gasteiger partial charge >= 0.3 is 5.97 Å². The fourth-order valence-electron chi connectivity index (χ4n) is 3.74. The molecule has 9 heteroatoms. The Morgan fingerprint density at radius 3 is 2.28 bits per heavy atom. The van der Waals surface area contributed by atoms with E-state index in [-0.39, 0.29) is 5.69 Å². The van der Waals surface area contributed by atoms with Gasteiger partial charge in [-0.05, 0) is 61.4 Å². The number of carbonyl (C=O) groups excluding carboxylic acids is 2. The number of non-ortho nitro benzene ring substituents is 1. The summed E-state index contributed by atoms with van der Waals surface area (Å²) >= 11 is 1.44. The second kappa shape index (κ2) is 11.0. The molecule has 182 valence electrons. The molecule has 3 aromatic carbocycles.